The third-order valence-corrected chi connectivity index (χ3v) is 8.46. The van der Waals surface area contributed by atoms with E-state index in [1.807, 2.05) is 4.90 Å². The SMILES string of the molecule is CC(=O)N[C@H]1C(C)(C)[C@@H]2C[C@@H]3[C@@H](c4ccc(N5CCCC5=O)cc4)OCC[C@@]31C2. The first-order valence-electron chi connectivity index (χ1n) is 11.1. The molecule has 2 bridgehead atoms. The molecule has 2 amide bonds. The van der Waals surface area contributed by atoms with E-state index in [9.17, 15) is 9.59 Å². The summed E-state index contributed by atoms with van der Waals surface area (Å²) in [5.41, 5.74) is 2.46. The molecule has 2 saturated carbocycles. The van der Waals surface area contributed by atoms with E-state index in [0.717, 1.165) is 31.7 Å². The van der Waals surface area contributed by atoms with Crippen LogP contribution in [0.3, 0.4) is 0 Å². The Morgan fingerprint density at radius 1 is 1.24 bits per heavy atom. The highest BCUT2D eigenvalue weighted by Crippen LogP contribution is 2.70. The zero-order chi connectivity index (χ0) is 20.4. The maximum atomic E-state index is 12.0. The van der Waals surface area contributed by atoms with Crippen LogP contribution in [-0.4, -0.2) is 31.0 Å². The van der Waals surface area contributed by atoms with Crippen LogP contribution in [0, 0.1) is 22.7 Å². The molecule has 0 radical (unpaired) electrons. The molecule has 5 heteroatoms. The maximum Gasteiger partial charge on any atom is 0.227 e. The van der Waals surface area contributed by atoms with Crippen LogP contribution in [0.2, 0.25) is 0 Å². The van der Waals surface area contributed by atoms with Gasteiger partial charge in [-0.2, -0.15) is 0 Å². The van der Waals surface area contributed by atoms with Crippen LogP contribution in [0.4, 0.5) is 5.69 Å². The molecule has 5 nitrogen and oxygen atoms in total. The quantitative estimate of drug-likeness (QED) is 0.845. The molecule has 2 heterocycles. The van der Waals surface area contributed by atoms with Gasteiger partial charge in [-0.25, -0.2) is 0 Å². The number of ether oxygens (including phenoxy) is 1. The van der Waals surface area contributed by atoms with Gasteiger partial charge in [-0.1, -0.05) is 26.0 Å². The monoisotopic (exact) mass is 396 g/mol. The molecule has 1 aromatic carbocycles. The molecule has 4 fully saturated rings. The first-order chi connectivity index (χ1) is 13.8. The van der Waals surface area contributed by atoms with Crippen LogP contribution in [-0.2, 0) is 14.3 Å². The summed E-state index contributed by atoms with van der Waals surface area (Å²) in [6.45, 7) is 7.86. The molecule has 1 aromatic rings. The van der Waals surface area contributed by atoms with Gasteiger partial charge in [0.1, 0.15) is 0 Å². The number of amides is 2. The number of rotatable bonds is 3. The van der Waals surface area contributed by atoms with Crippen molar-refractivity contribution in [2.45, 2.75) is 65.0 Å². The molecule has 156 valence electrons. The van der Waals surface area contributed by atoms with Crippen molar-refractivity contribution in [3.8, 4) is 0 Å². The number of fused-ring (bicyclic) bond motifs is 1. The average molecular weight is 397 g/mol. The van der Waals surface area contributed by atoms with Crippen molar-refractivity contribution in [1.82, 2.24) is 5.32 Å². The summed E-state index contributed by atoms with van der Waals surface area (Å²) in [5.74, 6) is 1.35. The Bertz CT molecular complexity index is 833. The third kappa shape index (κ3) is 2.77. The summed E-state index contributed by atoms with van der Waals surface area (Å²) in [6.07, 6.45) is 5.05. The highest BCUT2D eigenvalue weighted by Gasteiger charge is 2.68. The lowest BCUT2D eigenvalue weighted by atomic mass is 9.59. The smallest absolute Gasteiger partial charge is 0.227 e. The first-order valence-corrected chi connectivity index (χ1v) is 11.1. The molecule has 5 atom stereocenters. The van der Waals surface area contributed by atoms with Crippen LogP contribution in [0.1, 0.15) is 64.5 Å². The van der Waals surface area contributed by atoms with Crippen LogP contribution < -0.4 is 10.2 Å². The molecule has 1 spiro atoms. The first kappa shape index (κ1) is 19.1. The van der Waals surface area contributed by atoms with Gasteiger partial charge in [-0.05, 0) is 66.0 Å². The number of nitrogens with one attached hydrogen (secondary N) is 1. The minimum atomic E-state index is 0.0736. The average Bonchev–Trinajstić information content (AvgIpc) is 3.34. The minimum Gasteiger partial charge on any atom is -0.373 e. The summed E-state index contributed by atoms with van der Waals surface area (Å²) in [7, 11) is 0. The third-order valence-electron chi connectivity index (χ3n) is 8.46. The molecular weight excluding hydrogens is 364 g/mol. The predicted octanol–water partition coefficient (Wildman–Crippen LogP) is 3.83. The Balaban J connectivity index is 1.43. The van der Waals surface area contributed by atoms with Crippen molar-refractivity contribution in [2.75, 3.05) is 18.1 Å². The van der Waals surface area contributed by atoms with Crippen LogP contribution in [0.15, 0.2) is 24.3 Å². The second-order valence-corrected chi connectivity index (χ2v) is 10.2. The van der Waals surface area contributed by atoms with Crippen molar-refractivity contribution in [2.24, 2.45) is 22.7 Å². The molecule has 0 aromatic heterocycles. The fourth-order valence-corrected chi connectivity index (χ4v) is 7.09. The fourth-order valence-electron chi connectivity index (χ4n) is 7.09. The zero-order valence-electron chi connectivity index (χ0n) is 17.7. The molecule has 29 heavy (non-hydrogen) atoms. The second-order valence-electron chi connectivity index (χ2n) is 10.2. The van der Waals surface area contributed by atoms with E-state index >= 15 is 0 Å². The summed E-state index contributed by atoms with van der Waals surface area (Å²) in [5, 5.41) is 3.34. The molecule has 1 N–H and O–H groups in total. The molecular formula is C24H32N2O3. The van der Waals surface area contributed by atoms with Crippen LogP contribution in [0.25, 0.3) is 0 Å². The van der Waals surface area contributed by atoms with E-state index in [-0.39, 0.29) is 34.8 Å². The number of hydrogen-bond donors (Lipinski definition) is 1. The van der Waals surface area contributed by atoms with E-state index in [2.05, 4.69) is 43.4 Å². The molecule has 2 aliphatic carbocycles. The summed E-state index contributed by atoms with van der Waals surface area (Å²) in [4.78, 5) is 25.9. The number of carbonyl (C=O) groups excluding carboxylic acids is 2. The minimum absolute atomic E-state index is 0.0736. The van der Waals surface area contributed by atoms with Gasteiger partial charge in [0.15, 0.2) is 0 Å². The number of anilines is 1. The number of carbonyl (C=O) groups is 2. The van der Waals surface area contributed by atoms with E-state index in [1.165, 1.54) is 18.4 Å². The largest absolute Gasteiger partial charge is 0.373 e. The summed E-state index contributed by atoms with van der Waals surface area (Å²) < 4.78 is 6.34. The van der Waals surface area contributed by atoms with E-state index in [1.54, 1.807) is 6.92 Å². The summed E-state index contributed by atoms with van der Waals surface area (Å²) in [6, 6.07) is 8.66. The zero-order valence-corrected chi connectivity index (χ0v) is 17.7. The fraction of sp³-hybridized carbons (Fsp3) is 0.667. The van der Waals surface area contributed by atoms with Crippen molar-refractivity contribution in [3.05, 3.63) is 29.8 Å². The molecule has 5 rings (SSSR count). The Morgan fingerprint density at radius 3 is 2.66 bits per heavy atom. The van der Waals surface area contributed by atoms with Gasteiger partial charge >= 0.3 is 0 Å². The number of nitrogens with zero attached hydrogens (tertiary/aromatic N) is 1. The lowest BCUT2D eigenvalue weighted by molar-refractivity contribution is -0.136. The number of benzene rings is 1. The van der Waals surface area contributed by atoms with Gasteiger partial charge < -0.3 is 15.0 Å². The van der Waals surface area contributed by atoms with Crippen LogP contribution >= 0.6 is 0 Å². The Kier molecular flexibility index (Phi) is 4.32. The molecule has 4 aliphatic rings. The molecule has 2 aliphatic heterocycles. The van der Waals surface area contributed by atoms with Gasteiger partial charge in [0, 0.05) is 38.2 Å². The highest BCUT2D eigenvalue weighted by atomic mass is 16.5. The predicted molar refractivity (Wildman–Crippen MR) is 111 cm³/mol. The van der Waals surface area contributed by atoms with Crippen LogP contribution in [0.5, 0.6) is 0 Å². The van der Waals surface area contributed by atoms with Crippen molar-refractivity contribution in [1.29, 1.82) is 0 Å². The number of hydrogen-bond acceptors (Lipinski definition) is 3. The molecule has 0 unspecified atom stereocenters. The molecule has 2 saturated heterocycles. The maximum absolute atomic E-state index is 12.0. The van der Waals surface area contributed by atoms with Gasteiger partial charge in [-0.3, -0.25) is 9.59 Å². The topological polar surface area (TPSA) is 58.6 Å². The van der Waals surface area contributed by atoms with Crippen molar-refractivity contribution < 1.29 is 14.3 Å². The van der Waals surface area contributed by atoms with E-state index in [4.69, 9.17) is 4.74 Å². The lowest BCUT2D eigenvalue weighted by Crippen LogP contribution is -2.58. The van der Waals surface area contributed by atoms with Gasteiger partial charge in [0.05, 0.1) is 6.10 Å². The van der Waals surface area contributed by atoms with Gasteiger partial charge in [0.25, 0.3) is 0 Å². The van der Waals surface area contributed by atoms with E-state index in [0.29, 0.717) is 18.3 Å². The standard InChI is InChI=1S/C24H32N2O3/c1-15(27)25-22-23(2,3)17-13-19-21(29-12-10-24(19,22)14-17)16-6-8-18(9-7-16)26-11-4-5-20(26)28/h6-9,17,19,21-22H,4-5,10-14H2,1-3H3,(H,25,27)/t17-,19-,21-,22+,24-/m1/s1. The Hall–Kier alpha value is -1.88. The van der Waals surface area contributed by atoms with Crippen molar-refractivity contribution >= 4 is 17.5 Å². The van der Waals surface area contributed by atoms with Gasteiger partial charge in [-0.15, -0.1) is 0 Å². The summed E-state index contributed by atoms with van der Waals surface area (Å²) >= 11 is 0. The highest BCUT2D eigenvalue weighted by molar-refractivity contribution is 5.95. The second kappa shape index (κ2) is 6.56. The normalized spacial score (nSPS) is 37.6. The Labute approximate surface area is 173 Å². The lowest BCUT2D eigenvalue weighted by Gasteiger charge is -2.53. The Morgan fingerprint density at radius 2 is 2.00 bits per heavy atom. The van der Waals surface area contributed by atoms with Gasteiger partial charge in [0.2, 0.25) is 11.8 Å². The van der Waals surface area contributed by atoms with Crippen molar-refractivity contribution in [3.63, 3.8) is 0 Å². The van der Waals surface area contributed by atoms with E-state index < -0.39 is 0 Å².